The SMILES string of the molecule is CC(C)(C)OC(=O)CNC(=O)C1CCC(C2CNC(NC3CCC(OCCN4CCCCC4)CC3)NC2)CC1. The van der Waals surface area contributed by atoms with Crippen LogP contribution in [0.15, 0.2) is 0 Å². The second-order valence-electron chi connectivity index (χ2n) is 13.3. The Labute approximate surface area is 236 Å². The normalized spacial score (nSPS) is 32.9. The number of rotatable bonds is 10. The highest BCUT2D eigenvalue weighted by molar-refractivity contribution is 5.83. The van der Waals surface area contributed by atoms with Gasteiger partial charge in [-0.1, -0.05) is 6.42 Å². The van der Waals surface area contributed by atoms with E-state index in [1.54, 1.807) is 0 Å². The molecule has 4 fully saturated rings. The van der Waals surface area contributed by atoms with Gasteiger partial charge in [-0.3, -0.25) is 25.5 Å². The molecule has 4 aliphatic rings. The zero-order chi connectivity index (χ0) is 27.7. The molecule has 2 aliphatic heterocycles. The largest absolute Gasteiger partial charge is 0.459 e. The van der Waals surface area contributed by atoms with Gasteiger partial charge < -0.3 is 19.7 Å². The average Bonchev–Trinajstić information content (AvgIpc) is 2.93. The van der Waals surface area contributed by atoms with E-state index in [4.69, 9.17) is 9.47 Å². The van der Waals surface area contributed by atoms with Crippen molar-refractivity contribution in [1.29, 1.82) is 0 Å². The second kappa shape index (κ2) is 15.1. The molecule has 1 amide bonds. The molecule has 0 unspecified atom stereocenters. The van der Waals surface area contributed by atoms with Gasteiger partial charge in [0, 0.05) is 31.6 Å². The van der Waals surface area contributed by atoms with Crippen LogP contribution in [0.2, 0.25) is 0 Å². The van der Waals surface area contributed by atoms with Gasteiger partial charge in [0.1, 0.15) is 18.4 Å². The first kappa shape index (κ1) is 30.7. The zero-order valence-corrected chi connectivity index (χ0v) is 24.8. The minimum Gasteiger partial charge on any atom is -0.459 e. The van der Waals surface area contributed by atoms with Crippen molar-refractivity contribution in [2.75, 3.05) is 45.9 Å². The smallest absolute Gasteiger partial charge is 0.325 e. The molecule has 2 aliphatic carbocycles. The molecule has 0 atom stereocenters. The Morgan fingerprint density at radius 3 is 2.18 bits per heavy atom. The number of hydrogen-bond donors (Lipinski definition) is 4. The lowest BCUT2D eigenvalue weighted by molar-refractivity contribution is -0.154. The number of esters is 1. The molecular weight excluding hydrogens is 494 g/mol. The summed E-state index contributed by atoms with van der Waals surface area (Å²) >= 11 is 0. The molecular formula is C30H55N5O4. The van der Waals surface area contributed by atoms with E-state index in [1.807, 2.05) is 20.8 Å². The summed E-state index contributed by atoms with van der Waals surface area (Å²) in [5.74, 6) is 0.852. The summed E-state index contributed by atoms with van der Waals surface area (Å²) in [5, 5.41) is 14.0. The number of amides is 1. The van der Waals surface area contributed by atoms with Crippen LogP contribution in [0.4, 0.5) is 0 Å². The third kappa shape index (κ3) is 10.6. The lowest BCUT2D eigenvalue weighted by Gasteiger charge is -2.40. The van der Waals surface area contributed by atoms with Crippen LogP contribution in [0.3, 0.4) is 0 Å². The number of nitrogens with zero attached hydrogens (tertiary/aromatic N) is 1. The van der Waals surface area contributed by atoms with E-state index in [0.717, 1.165) is 64.8 Å². The molecule has 9 heteroatoms. The van der Waals surface area contributed by atoms with E-state index < -0.39 is 5.60 Å². The number of nitrogens with one attached hydrogen (secondary N) is 4. The van der Waals surface area contributed by atoms with Crippen molar-refractivity contribution in [3.05, 3.63) is 0 Å². The zero-order valence-electron chi connectivity index (χ0n) is 24.8. The van der Waals surface area contributed by atoms with Gasteiger partial charge in [-0.05, 0) is 110 Å². The third-order valence-corrected chi connectivity index (χ3v) is 9.09. The number of likely N-dealkylation sites (tertiary alicyclic amines) is 1. The van der Waals surface area contributed by atoms with Gasteiger partial charge in [0.25, 0.3) is 0 Å². The molecule has 0 spiro atoms. The molecule has 0 aromatic heterocycles. The van der Waals surface area contributed by atoms with E-state index in [-0.39, 0.29) is 30.6 Å². The monoisotopic (exact) mass is 549 g/mol. The van der Waals surface area contributed by atoms with Crippen LogP contribution >= 0.6 is 0 Å². The van der Waals surface area contributed by atoms with Crippen molar-refractivity contribution in [1.82, 2.24) is 26.2 Å². The molecule has 9 nitrogen and oxygen atoms in total. The maximum absolute atomic E-state index is 12.6. The molecule has 4 rings (SSSR count). The van der Waals surface area contributed by atoms with Crippen LogP contribution in [0, 0.1) is 17.8 Å². The lowest BCUT2D eigenvalue weighted by Crippen LogP contribution is -2.63. The summed E-state index contributed by atoms with van der Waals surface area (Å²) in [6.07, 6.45) is 13.3. The molecule has 39 heavy (non-hydrogen) atoms. The van der Waals surface area contributed by atoms with E-state index in [0.29, 0.717) is 24.0 Å². The van der Waals surface area contributed by atoms with Crippen molar-refractivity contribution in [3.63, 3.8) is 0 Å². The first-order valence-corrected chi connectivity index (χ1v) is 15.8. The number of carbonyl (C=O) groups is 2. The van der Waals surface area contributed by atoms with Crippen molar-refractivity contribution in [3.8, 4) is 0 Å². The summed E-state index contributed by atoms with van der Waals surface area (Å²) in [6, 6.07) is 0.545. The van der Waals surface area contributed by atoms with E-state index in [2.05, 4.69) is 26.2 Å². The Bertz CT molecular complexity index is 745. The van der Waals surface area contributed by atoms with Gasteiger partial charge in [0.2, 0.25) is 5.91 Å². The van der Waals surface area contributed by atoms with Crippen LogP contribution in [-0.2, 0) is 19.1 Å². The molecule has 4 N–H and O–H groups in total. The molecule has 0 bridgehead atoms. The van der Waals surface area contributed by atoms with E-state index in [9.17, 15) is 9.59 Å². The second-order valence-corrected chi connectivity index (χ2v) is 13.3. The van der Waals surface area contributed by atoms with Gasteiger partial charge in [-0.25, -0.2) is 0 Å². The number of ether oxygens (including phenoxy) is 2. The molecule has 224 valence electrons. The average molecular weight is 550 g/mol. The lowest BCUT2D eigenvalue weighted by atomic mass is 9.75. The Hall–Kier alpha value is -1.26. The summed E-state index contributed by atoms with van der Waals surface area (Å²) in [6.45, 7) is 12.0. The van der Waals surface area contributed by atoms with Gasteiger partial charge >= 0.3 is 5.97 Å². The van der Waals surface area contributed by atoms with E-state index >= 15 is 0 Å². The summed E-state index contributed by atoms with van der Waals surface area (Å²) in [5.41, 5.74) is -0.531. The summed E-state index contributed by atoms with van der Waals surface area (Å²) < 4.78 is 11.5. The fourth-order valence-corrected chi connectivity index (χ4v) is 6.83. The molecule has 0 aromatic rings. The van der Waals surface area contributed by atoms with Crippen LogP contribution in [0.5, 0.6) is 0 Å². The fraction of sp³-hybridized carbons (Fsp3) is 0.933. The summed E-state index contributed by atoms with van der Waals surface area (Å²) in [7, 11) is 0. The van der Waals surface area contributed by atoms with Crippen molar-refractivity contribution in [2.24, 2.45) is 17.8 Å². The molecule has 2 saturated heterocycles. The van der Waals surface area contributed by atoms with Crippen LogP contribution < -0.4 is 21.3 Å². The van der Waals surface area contributed by atoms with Crippen molar-refractivity contribution >= 4 is 11.9 Å². The Morgan fingerprint density at radius 1 is 0.872 bits per heavy atom. The van der Waals surface area contributed by atoms with Gasteiger partial charge in [0.15, 0.2) is 0 Å². The number of carbonyl (C=O) groups excluding carboxylic acids is 2. The molecule has 0 aromatic carbocycles. The van der Waals surface area contributed by atoms with Crippen molar-refractivity contribution < 1.29 is 19.1 Å². The first-order valence-electron chi connectivity index (χ1n) is 15.8. The predicted octanol–water partition coefficient (Wildman–Crippen LogP) is 2.75. The minimum absolute atomic E-state index is 0.00601. The molecule has 2 saturated carbocycles. The fourth-order valence-electron chi connectivity index (χ4n) is 6.83. The van der Waals surface area contributed by atoms with Gasteiger partial charge in [-0.2, -0.15) is 0 Å². The first-order chi connectivity index (χ1) is 18.7. The number of piperidine rings is 1. The maximum atomic E-state index is 12.6. The van der Waals surface area contributed by atoms with Crippen LogP contribution in [0.25, 0.3) is 0 Å². The Balaban J connectivity index is 1.04. The standard InChI is InChI=1S/C30H55N5O4/c1-30(2,3)39-27(36)21-31-28(37)23-9-7-22(8-10-23)24-19-32-29(33-20-24)34-25-11-13-26(14-12-25)38-18-17-35-15-5-4-6-16-35/h22-26,29,32-34H,4-21H2,1-3H3,(H,31,37). The highest BCUT2D eigenvalue weighted by Crippen LogP contribution is 2.34. The van der Waals surface area contributed by atoms with Crippen LogP contribution in [0.1, 0.15) is 91.4 Å². The maximum Gasteiger partial charge on any atom is 0.325 e. The van der Waals surface area contributed by atoms with Crippen LogP contribution in [-0.4, -0.2) is 86.7 Å². The predicted molar refractivity (Wildman–Crippen MR) is 153 cm³/mol. The Kier molecular flexibility index (Phi) is 11.9. The third-order valence-electron chi connectivity index (χ3n) is 9.09. The number of hydrogen-bond acceptors (Lipinski definition) is 8. The molecule has 2 heterocycles. The van der Waals surface area contributed by atoms with Gasteiger partial charge in [0.05, 0.1) is 12.7 Å². The quantitative estimate of drug-likeness (QED) is 0.309. The van der Waals surface area contributed by atoms with Crippen molar-refractivity contribution in [2.45, 2.75) is 115 Å². The van der Waals surface area contributed by atoms with Gasteiger partial charge in [-0.15, -0.1) is 0 Å². The molecule has 0 radical (unpaired) electrons. The minimum atomic E-state index is -0.531. The highest BCUT2D eigenvalue weighted by Gasteiger charge is 2.34. The highest BCUT2D eigenvalue weighted by atomic mass is 16.6. The summed E-state index contributed by atoms with van der Waals surface area (Å²) in [4.78, 5) is 27.0. The Morgan fingerprint density at radius 2 is 1.54 bits per heavy atom. The topological polar surface area (TPSA) is 104 Å². The van der Waals surface area contributed by atoms with E-state index in [1.165, 1.54) is 45.2 Å².